The molecule has 31 heavy (non-hydrogen) atoms. The normalized spacial score (nSPS) is 18.6. The second-order valence-corrected chi connectivity index (χ2v) is 9.71. The summed E-state index contributed by atoms with van der Waals surface area (Å²) in [4.78, 5) is 25.1. The fourth-order valence-electron chi connectivity index (χ4n) is 4.15. The van der Waals surface area contributed by atoms with Gasteiger partial charge in [0.1, 0.15) is 0 Å². The minimum atomic E-state index is -3.81. The van der Waals surface area contributed by atoms with Gasteiger partial charge in [0.2, 0.25) is 0 Å². The topological polar surface area (TPSA) is 102 Å². The van der Waals surface area contributed by atoms with Crippen molar-refractivity contribution in [1.82, 2.24) is 10.6 Å². The Morgan fingerprint density at radius 3 is 2.48 bits per heavy atom. The van der Waals surface area contributed by atoms with Gasteiger partial charge in [0.25, 0.3) is 0 Å². The maximum atomic E-state index is 13.2. The number of carbonyl (C=O) groups excluding carboxylic acids is 2. The van der Waals surface area contributed by atoms with E-state index in [4.69, 9.17) is 4.74 Å². The highest BCUT2D eigenvalue weighted by molar-refractivity contribution is 7.91. The molecular formula is C23H24N2O5S. The van der Waals surface area contributed by atoms with E-state index in [1.807, 2.05) is 12.1 Å². The lowest BCUT2D eigenvalue weighted by Gasteiger charge is -2.29. The van der Waals surface area contributed by atoms with Crippen molar-refractivity contribution in [1.29, 1.82) is 0 Å². The number of ether oxygens (including phenoxy) is 1. The van der Waals surface area contributed by atoms with Gasteiger partial charge in [-0.1, -0.05) is 36.4 Å². The SMILES string of the molecule is COC(=O)C1=C(CS(=O)(=O)c2ccc3c(c2)CCCC3)NC(=O)N[C@H]1c1ccccc1. The van der Waals surface area contributed by atoms with Crippen LogP contribution >= 0.6 is 0 Å². The minimum absolute atomic E-state index is 0.0298. The van der Waals surface area contributed by atoms with Crippen molar-refractivity contribution < 1.29 is 22.7 Å². The lowest BCUT2D eigenvalue weighted by atomic mass is 9.92. The number of urea groups is 1. The maximum absolute atomic E-state index is 13.2. The van der Waals surface area contributed by atoms with E-state index in [9.17, 15) is 18.0 Å². The Morgan fingerprint density at radius 2 is 1.77 bits per heavy atom. The molecular weight excluding hydrogens is 416 g/mol. The molecule has 0 saturated heterocycles. The summed E-state index contributed by atoms with van der Waals surface area (Å²) in [6.45, 7) is 0. The zero-order chi connectivity index (χ0) is 22.0. The molecule has 2 aliphatic rings. The molecule has 0 saturated carbocycles. The Balaban J connectivity index is 1.75. The Kier molecular flexibility index (Phi) is 5.82. The molecule has 2 aromatic rings. The number of benzene rings is 2. The van der Waals surface area contributed by atoms with Crippen LogP contribution < -0.4 is 10.6 Å². The zero-order valence-corrected chi connectivity index (χ0v) is 18.0. The minimum Gasteiger partial charge on any atom is -0.466 e. The molecule has 162 valence electrons. The van der Waals surface area contributed by atoms with E-state index in [-0.39, 0.29) is 16.2 Å². The number of rotatable bonds is 5. The number of sulfone groups is 1. The quantitative estimate of drug-likeness (QED) is 0.696. The largest absolute Gasteiger partial charge is 0.466 e. The van der Waals surface area contributed by atoms with Crippen molar-refractivity contribution in [2.75, 3.05) is 12.9 Å². The van der Waals surface area contributed by atoms with Gasteiger partial charge in [-0.2, -0.15) is 0 Å². The third-order valence-electron chi connectivity index (χ3n) is 5.71. The fourth-order valence-corrected chi connectivity index (χ4v) is 5.53. The molecule has 0 aromatic heterocycles. The second-order valence-electron chi connectivity index (χ2n) is 7.72. The molecule has 1 atom stereocenters. The molecule has 8 heteroatoms. The molecule has 0 radical (unpaired) electrons. The number of hydrogen-bond acceptors (Lipinski definition) is 5. The highest BCUT2D eigenvalue weighted by Crippen LogP contribution is 2.30. The van der Waals surface area contributed by atoms with Crippen LogP contribution in [0, 0.1) is 0 Å². The summed E-state index contributed by atoms with van der Waals surface area (Å²) in [6.07, 6.45) is 3.95. The number of amides is 2. The molecule has 0 unspecified atom stereocenters. The average Bonchev–Trinajstić information content (AvgIpc) is 2.78. The highest BCUT2D eigenvalue weighted by Gasteiger charge is 2.35. The number of hydrogen-bond donors (Lipinski definition) is 2. The first kappa shape index (κ1) is 21.1. The second kappa shape index (κ2) is 8.55. The first-order valence-corrected chi connectivity index (χ1v) is 11.8. The molecule has 2 aromatic carbocycles. The van der Waals surface area contributed by atoms with Crippen molar-refractivity contribution in [2.45, 2.75) is 36.6 Å². The molecule has 2 amide bonds. The van der Waals surface area contributed by atoms with E-state index in [1.165, 1.54) is 12.7 Å². The van der Waals surface area contributed by atoms with Gasteiger partial charge >= 0.3 is 12.0 Å². The molecule has 1 aliphatic carbocycles. The van der Waals surface area contributed by atoms with Crippen molar-refractivity contribution in [3.8, 4) is 0 Å². The third kappa shape index (κ3) is 4.34. The van der Waals surface area contributed by atoms with E-state index in [1.54, 1.807) is 36.4 Å². The Labute approximate surface area is 181 Å². The summed E-state index contributed by atoms with van der Waals surface area (Å²) < 4.78 is 31.4. The first-order valence-electron chi connectivity index (χ1n) is 10.2. The van der Waals surface area contributed by atoms with Crippen LogP contribution in [0.15, 0.2) is 64.7 Å². The third-order valence-corrected chi connectivity index (χ3v) is 7.35. The van der Waals surface area contributed by atoms with Crippen LogP contribution in [0.3, 0.4) is 0 Å². The Bertz CT molecular complexity index is 1160. The average molecular weight is 441 g/mol. The molecule has 4 rings (SSSR count). The van der Waals surface area contributed by atoms with Crippen LogP contribution in [0.4, 0.5) is 4.79 Å². The van der Waals surface area contributed by atoms with Crippen LogP contribution in [0.1, 0.15) is 35.6 Å². The van der Waals surface area contributed by atoms with Gasteiger partial charge in [0, 0.05) is 5.70 Å². The molecule has 1 aliphatic heterocycles. The summed E-state index contributed by atoms with van der Waals surface area (Å²) in [5.41, 5.74) is 2.99. The van der Waals surface area contributed by atoms with Gasteiger partial charge < -0.3 is 15.4 Å². The predicted octanol–water partition coefficient (Wildman–Crippen LogP) is 2.82. The monoisotopic (exact) mass is 440 g/mol. The molecule has 0 fully saturated rings. The molecule has 2 N–H and O–H groups in total. The van der Waals surface area contributed by atoms with Crippen LogP contribution in [0.5, 0.6) is 0 Å². The number of esters is 1. The van der Waals surface area contributed by atoms with E-state index < -0.39 is 33.6 Å². The van der Waals surface area contributed by atoms with Crippen LogP contribution in [0.2, 0.25) is 0 Å². The van der Waals surface area contributed by atoms with Crippen LogP contribution in [-0.2, 0) is 32.2 Å². The van der Waals surface area contributed by atoms with Crippen LogP contribution in [0.25, 0.3) is 0 Å². The van der Waals surface area contributed by atoms with Gasteiger partial charge in [-0.3, -0.25) is 0 Å². The summed E-state index contributed by atoms with van der Waals surface area (Å²) >= 11 is 0. The molecule has 0 spiro atoms. The standard InChI is InChI=1S/C23H24N2O5S/c1-30-22(26)20-19(24-23(27)25-21(20)16-8-3-2-4-9-16)14-31(28,29)18-12-11-15-7-5-6-10-17(15)13-18/h2-4,8-9,11-13,21H,5-7,10,14H2,1H3,(H2,24,25,27)/t21-/m0/s1. The molecule has 7 nitrogen and oxygen atoms in total. The van der Waals surface area contributed by atoms with Gasteiger partial charge in [-0.15, -0.1) is 0 Å². The van der Waals surface area contributed by atoms with Crippen molar-refractivity contribution in [3.05, 3.63) is 76.5 Å². The van der Waals surface area contributed by atoms with E-state index in [2.05, 4.69) is 10.6 Å². The van der Waals surface area contributed by atoms with Crippen molar-refractivity contribution in [2.24, 2.45) is 0 Å². The van der Waals surface area contributed by atoms with Crippen molar-refractivity contribution in [3.63, 3.8) is 0 Å². The number of methoxy groups -OCH3 is 1. The van der Waals surface area contributed by atoms with Gasteiger partial charge in [0.15, 0.2) is 9.84 Å². The number of fused-ring (bicyclic) bond motifs is 1. The predicted molar refractivity (Wildman–Crippen MR) is 115 cm³/mol. The Morgan fingerprint density at radius 1 is 1.06 bits per heavy atom. The van der Waals surface area contributed by atoms with E-state index in [0.717, 1.165) is 31.2 Å². The lowest BCUT2D eigenvalue weighted by Crippen LogP contribution is -2.47. The summed E-state index contributed by atoms with van der Waals surface area (Å²) in [5, 5.41) is 5.21. The molecule has 1 heterocycles. The summed E-state index contributed by atoms with van der Waals surface area (Å²) in [6, 6.07) is 12.7. The number of aryl methyl sites for hydroxylation is 2. The molecule has 0 bridgehead atoms. The summed E-state index contributed by atoms with van der Waals surface area (Å²) in [7, 11) is -2.58. The van der Waals surface area contributed by atoms with E-state index in [0.29, 0.717) is 5.56 Å². The van der Waals surface area contributed by atoms with Crippen LogP contribution in [-0.4, -0.2) is 33.3 Å². The van der Waals surface area contributed by atoms with Gasteiger partial charge in [0.05, 0.1) is 29.4 Å². The lowest BCUT2D eigenvalue weighted by molar-refractivity contribution is -0.136. The first-order chi connectivity index (χ1) is 14.9. The fraction of sp³-hybridized carbons (Fsp3) is 0.304. The van der Waals surface area contributed by atoms with Gasteiger partial charge in [-0.25, -0.2) is 18.0 Å². The number of nitrogens with one attached hydrogen (secondary N) is 2. The smallest absolute Gasteiger partial charge is 0.338 e. The summed E-state index contributed by atoms with van der Waals surface area (Å²) in [5.74, 6) is -1.20. The maximum Gasteiger partial charge on any atom is 0.338 e. The van der Waals surface area contributed by atoms with E-state index >= 15 is 0 Å². The zero-order valence-electron chi connectivity index (χ0n) is 17.2. The van der Waals surface area contributed by atoms with Crippen molar-refractivity contribution >= 4 is 21.8 Å². The number of carbonyl (C=O) groups is 2. The highest BCUT2D eigenvalue weighted by atomic mass is 32.2. The van der Waals surface area contributed by atoms with Gasteiger partial charge in [-0.05, 0) is 54.5 Å². The Hall–Kier alpha value is -3.13.